The fourth-order valence-electron chi connectivity index (χ4n) is 3.38. The number of hydrogen-bond donors (Lipinski definition) is 3. The van der Waals surface area contributed by atoms with Crippen LogP contribution in [-0.2, 0) is 4.79 Å². The van der Waals surface area contributed by atoms with E-state index >= 15 is 0 Å². The van der Waals surface area contributed by atoms with Gasteiger partial charge < -0.3 is 15.1 Å². The van der Waals surface area contributed by atoms with Crippen LogP contribution in [0.3, 0.4) is 0 Å². The summed E-state index contributed by atoms with van der Waals surface area (Å²) in [7, 11) is 0. The first-order chi connectivity index (χ1) is 9.69. The Kier molecular flexibility index (Phi) is 2.47. The summed E-state index contributed by atoms with van der Waals surface area (Å²) in [5.41, 5.74) is 1.77. The molecule has 6 nitrogen and oxygen atoms in total. The van der Waals surface area contributed by atoms with Gasteiger partial charge in [-0.1, -0.05) is 0 Å². The molecule has 1 aromatic carbocycles. The van der Waals surface area contributed by atoms with Crippen LogP contribution in [0, 0.1) is 5.92 Å². The molecule has 0 saturated carbocycles. The molecule has 2 saturated heterocycles. The van der Waals surface area contributed by atoms with E-state index in [9.17, 15) is 9.59 Å². The summed E-state index contributed by atoms with van der Waals surface area (Å²) in [4.78, 5) is 26.0. The highest BCUT2D eigenvalue weighted by Gasteiger charge is 2.42. The minimum Gasteiger partial charge on any atom is -0.408 e. The van der Waals surface area contributed by atoms with Gasteiger partial charge in [-0.25, -0.2) is 4.79 Å². The third-order valence-corrected chi connectivity index (χ3v) is 4.32. The molecule has 0 aliphatic carbocycles. The fourth-order valence-corrected chi connectivity index (χ4v) is 3.38. The van der Waals surface area contributed by atoms with Gasteiger partial charge in [0, 0.05) is 17.8 Å². The number of fused-ring (bicyclic) bond motifs is 3. The number of amides is 1. The van der Waals surface area contributed by atoms with Gasteiger partial charge in [-0.2, -0.15) is 0 Å². The average Bonchev–Trinajstić information content (AvgIpc) is 3.11. The van der Waals surface area contributed by atoms with E-state index in [1.54, 1.807) is 18.2 Å². The topological polar surface area (TPSA) is 87.1 Å². The molecule has 3 heterocycles. The van der Waals surface area contributed by atoms with E-state index in [1.807, 2.05) is 0 Å². The zero-order chi connectivity index (χ0) is 13.7. The minimum absolute atomic E-state index is 0.0489. The Bertz CT molecular complexity index is 733. The van der Waals surface area contributed by atoms with Gasteiger partial charge in [0.05, 0.1) is 11.4 Å². The summed E-state index contributed by atoms with van der Waals surface area (Å²) >= 11 is 0. The van der Waals surface area contributed by atoms with Gasteiger partial charge in [-0.15, -0.1) is 0 Å². The molecular weight excluding hydrogens is 258 g/mol. The summed E-state index contributed by atoms with van der Waals surface area (Å²) in [6, 6.07) is 5.97. The number of carbonyl (C=O) groups excluding carboxylic acids is 1. The predicted molar refractivity (Wildman–Crippen MR) is 73.5 cm³/mol. The molecule has 2 aliphatic heterocycles. The van der Waals surface area contributed by atoms with E-state index < -0.39 is 5.76 Å². The average molecular weight is 273 g/mol. The Labute approximate surface area is 114 Å². The maximum absolute atomic E-state index is 12.3. The van der Waals surface area contributed by atoms with Crippen LogP contribution in [0.1, 0.15) is 19.3 Å². The molecule has 3 atom stereocenters. The molecule has 1 aromatic heterocycles. The lowest BCUT2D eigenvalue weighted by Crippen LogP contribution is -2.32. The maximum atomic E-state index is 12.3. The van der Waals surface area contributed by atoms with E-state index in [-0.39, 0.29) is 11.8 Å². The van der Waals surface area contributed by atoms with Crippen LogP contribution in [0.15, 0.2) is 27.4 Å². The second-order valence-corrected chi connectivity index (χ2v) is 5.60. The number of aromatic amines is 1. The lowest BCUT2D eigenvalue weighted by Gasteiger charge is -2.19. The summed E-state index contributed by atoms with van der Waals surface area (Å²) < 4.78 is 4.93. The van der Waals surface area contributed by atoms with Crippen LogP contribution < -0.4 is 16.4 Å². The van der Waals surface area contributed by atoms with Crippen molar-refractivity contribution in [3.05, 3.63) is 28.7 Å². The molecule has 6 heteroatoms. The lowest BCUT2D eigenvalue weighted by atomic mass is 9.88. The summed E-state index contributed by atoms with van der Waals surface area (Å²) in [6.07, 6.45) is 3.18. The normalized spacial score (nSPS) is 28.1. The van der Waals surface area contributed by atoms with Crippen LogP contribution in [0.25, 0.3) is 11.1 Å². The quantitative estimate of drug-likeness (QED) is 0.767. The second-order valence-electron chi connectivity index (χ2n) is 5.60. The number of nitrogens with one attached hydrogen (secondary N) is 3. The van der Waals surface area contributed by atoms with E-state index in [2.05, 4.69) is 15.6 Å². The van der Waals surface area contributed by atoms with Crippen molar-refractivity contribution >= 4 is 22.7 Å². The Morgan fingerprint density at radius 1 is 1.35 bits per heavy atom. The first kappa shape index (κ1) is 11.7. The lowest BCUT2D eigenvalue weighted by molar-refractivity contribution is -0.120. The fraction of sp³-hybridized carbons (Fsp3) is 0.429. The molecule has 3 unspecified atom stereocenters. The third-order valence-electron chi connectivity index (χ3n) is 4.32. The minimum atomic E-state index is -0.485. The first-order valence-electron chi connectivity index (χ1n) is 6.89. The number of anilines is 1. The van der Waals surface area contributed by atoms with Crippen molar-refractivity contribution in [2.45, 2.75) is 31.3 Å². The SMILES string of the molecule is O=C(Nc1ccc2oc(=O)[nH]c2c1)C1CC2CCC1N2. The van der Waals surface area contributed by atoms with Gasteiger partial charge in [0.15, 0.2) is 5.58 Å². The summed E-state index contributed by atoms with van der Waals surface area (Å²) in [6.45, 7) is 0. The Hall–Kier alpha value is -2.08. The number of hydrogen-bond acceptors (Lipinski definition) is 4. The van der Waals surface area contributed by atoms with E-state index in [0.717, 1.165) is 12.8 Å². The number of rotatable bonds is 2. The van der Waals surface area contributed by atoms with Gasteiger partial charge in [-0.05, 0) is 37.5 Å². The van der Waals surface area contributed by atoms with Crippen molar-refractivity contribution in [3.63, 3.8) is 0 Å². The van der Waals surface area contributed by atoms with Crippen molar-refractivity contribution < 1.29 is 9.21 Å². The predicted octanol–water partition coefficient (Wildman–Crippen LogP) is 1.20. The molecule has 20 heavy (non-hydrogen) atoms. The van der Waals surface area contributed by atoms with E-state index in [0.29, 0.717) is 28.9 Å². The summed E-state index contributed by atoms with van der Waals surface area (Å²) in [5.74, 6) is -0.386. The van der Waals surface area contributed by atoms with Gasteiger partial charge in [0.2, 0.25) is 5.91 Å². The second kappa shape index (κ2) is 4.21. The number of oxazole rings is 1. The molecule has 3 N–H and O–H groups in total. The van der Waals surface area contributed by atoms with Gasteiger partial charge in [0.25, 0.3) is 0 Å². The van der Waals surface area contributed by atoms with Gasteiger partial charge >= 0.3 is 5.76 Å². The van der Waals surface area contributed by atoms with Crippen LogP contribution in [0.4, 0.5) is 5.69 Å². The molecule has 2 aromatic rings. The third kappa shape index (κ3) is 1.84. The first-order valence-corrected chi connectivity index (χ1v) is 6.89. The Morgan fingerprint density at radius 2 is 2.25 bits per heavy atom. The van der Waals surface area contributed by atoms with Crippen LogP contribution in [-0.4, -0.2) is 23.0 Å². The number of aromatic nitrogens is 1. The molecular formula is C14H15N3O3. The highest BCUT2D eigenvalue weighted by molar-refractivity contribution is 5.95. The van der Waals surface area contributed by atoms with Crippen molar-refractivity contribution in [2.75, 3.05) is 5.32 Å². The molecule has 2 aliphatic rings. The molecule has 0 radical (unpaired) electrons. The molecule has 4 rings (SSSR count). The smallest absolute Gasteiger partial charge is 0.408 e. The monoisotopic (exact) mass is 273 g/mol. The van der Waals surface area contributed by atoms with E-state index in [1.165, 1.54) is 6.42 Å². The number of carbonyl (C=O) groups is 1. The van der Waals surface area contributed by atoms with Gasteiger partial charge in [0.1, 0.15) is 0 Å². The van der Waals surface area contributed by atoms with E-state index in [4.69, 9.17) is 4.42 Å². The number of benzene rings is 1. The molecule has 0 spiro atoms. The maximum Gasteiger partial charge on any atom is 0.417 e. The largest absolute Gasteiger partial charge is 0.417 e. The molecule has 2 fully saturated rings. The molecule has 1 amide bonds. The highest BCUT2D eigenvalue weighted by atomic mass is 16.4. The summed E-state index contributed by atoms with van der Waals surface area (Å²) in [5, 5.41) is 6.38. The molecule has 104 valence electrons. The number of H-pyrrole nitrogens is 1. The highest BCUT2D eigenvalue weighted by Crippen LogP contribution is 2.34. The van der Waals surface area contributed by atoms with Crippen molar-refractivity contribution in [1.29, 1.82) is 0 Å². The van der Waals surface area contributed by atoms with Crippen molar-refractivity contribution in [2.24, 2.45) is 5.92 Å². The Morgan fingerprint density at radius 3 is 3.00 bits per heavy atom. The molecule has 2 bridgehead atoms. The van der Waals surface area contributed by atoms with Crippen LogP contribution in [0.5, 0.6) is 0 Å². The van der Waals surface area contributed by atoms with Gasteiger partial charge in [-0.3, -0.25) is 9.78 Å². The standard InChI is InChI=1S/C14H15N3O3/c18-13(9-5-7-1-3-10(9)15-7)16-8-2-4-12-11(6-8)17-14(19)20-12/h2,4,6-7,9-10,15H,1,3,5H2,(H,16,18)(H,17,19). The zero-order valence-corrected chi connectivity index (χ0v) is 10.8. The zero-order valence-electron chi connectivity index (χ0n) is 10.8. The van der Waals surface area contributed by atoms with Crippen LogP contribution in [0.2, 0.25) is 0 Å². The Balaban J connectivity index is 1.54. The van der Waals surface area contributed by atoms with Crippen molar-refractivity contribution in [1.82, 2.24) is 10.3 Å². The van der Waals surface area contributed by atoms with Crippen LogP contribution >= 0.6 is 0 Å². The van der Waals surface area contributed by atoms with Crippen molar-refractivity contribution in [3.8, 4) is 0 Å².